The molecule has 0 fully saturated rings. The summed E-state index contributed by atoms with van der Waals surface area (Å²) in [5.74, 6) is 0. The van der Waals surface area contributed by atoms with Crippen molar-refractivity contribution in [2.75, 3.05) is 13.7 Å². The van der Waals surface area contributed by atoms with E-state index in [2.05, 4.69) is 55.3 Å². The van der Waals surface area contributed by atoms with Gasteiger partial charge >= 0.3 is 0 Å². The lowest BCUT2D eigenvalue weighted by Gasteiger charge is -2.03. The Morgan fingerprint density at radius 3 is 3.00 bits per heavy atom. The van der Waals surface area contributed by atoms with Gasteiger partial charge in [0.1, 0.15) is 5.01 Å². The number of halogens is 1. The Balaban J connectivity index is 1.81. The molecule has 0 saturated carbocycles. The third-order valence-corrected chi connectivity index (χ3v) is 5.44. The maximum absolute atomic E-state index is 5.25. The van der Waals surface area contributed by atoms with Gasteiger partial charge in [-0.15, -0.1) is 11.3 Å². The molecule has 0 spiro atoms. The maximum atomic E-state index is 5.25. The van der Waals surface area contributed by atoms with Crippen molar-refractivity contribution in [1.29, 1.82) is 0 Å². The molecule has 0 aliphatic heterocycles. The van der Waals surface area contributed by atoms with Crippen molar-refractivity contribution in [3.8, 4) is 21.8 Å². The number of pyridine rings is 1. The largest absolute Gasteiger partial charge is 0.383 e. The van der Waals surface area contributed by atoms with Crippen LogP contribution in [0.15, 0.2) is 58.8 Å². The lowest BCUT2D eigenvalue weighted by atomic mass is 10.2. The molecule has 126 valence electrons. The monoisotopic (exact) mass is 413 g/mol. The van der Waals surface area contributed by atoms with Gasteiger partial charge in [0, 0.05) is 64.1 Å². The molecule has 6 heteroatoms. The Morgan fingerprint density at radius 2 is 2.20 bits per heavy atom. The van der Waals surface area contributed by atoms with E-state index in [9.17, 15) is 0 Å². The summed E-state index contributed by atoms with van der Waals surface area (Å²) in [6.45, 7) is 1.49. The fourth-order valence-electron chi connectivity index (χ4n) is 2.86. The van der Waals surface area contributed by atoms with Crippen molar-refractivity contribution < 1.29 is 4.74 Å². The average molecular weight is 414 g/mol. The molecule has 0 radical (unpaired) electrons. The Kier molecular flexibility index (Phi) is 4.65. The van der Waals surface area contributed by atoms with Crippen LogP contribution in [0.3, 0.4) is 0 Å². The molecule has 4 nitrogen and oxygen atoms in total. The van der Waals surface area contributed by atoms with Crippen molar-refractivity contribution in [2.24, 2.45) is 0 Å². The van der Waals surface area contributed by atoms with Crippen LogP contribution in [0.25, 0.3) is 32.7 Å². The molecular formula is C19H16BrN3OS. The second-order valence-electron chi connectivity index (χ2n) is 5.67. The molecule has 3 aromatic heterocycles. The van der Waals surface area contributed by atoms with Crippen molar-refractivity contribution in [3.05, 3.63) is 58.8 Å². The van der Waals surface area contributed by atoms with Crippen LogP contribution in [0.5, 0.6) is 0 Å². The number of hydrogen-bond donors (Lipinski definition) is 0. The molecule has 4 rings (SSSR count). The van der Waals surface area contributed by atoms with Crippen LogP contribution < -0.4 is 0 Å². The van der Waals surface area contributed by atoms with Crippen LogP contribution in [0.4, 0.5) is 0 Å². The molecule has 3 heterocycles. The fraction of sp³-hybridized carbons (Fsp3) is 0.158. The highest BCUT2D eigenvalue weighted by atomic mass is 79.9. The van der Waals surface area contributed by atoms with Crippen LogP contribution in [0.1, 0.15) is 0 Å². The van der Waals surface area contributed by atoms with Gasteiger partial charge in [-0.2, -0.15) is 0 Å². The summed E-state index contributed by atoms with van der Waals surface area (Å²) in [5, 5.41) is 4.29. The summed E-state index contributed by atoms with van der Waals surface area (Å²) in [6.07, 6.45) is 5.79. The smallest absolute Gasteiger partial charge is 0.126 e. The van der Waals surface area contributed by atoms with Crippen molar-refractivity contribution in [3.63, 3.8) is 0 Å². The quantitative estimate of drug-likeness (QED) is 0.449. The summed E-state index contributed by atoms with van der Waals surface area (Å²) in [6, 6.07) is 10.3. The minimum atomic E-state index is 0.679. The second kappa shape index (κ2) is 7.07. The zero-order valence-corrected chi connectivity index (χ0v) is 16.0. The third kappa shape index (κ3) is 3.25. The van der Waals surface area contributed by atoms with E-state index in [0.717, 1.165) is 32.8 Å². The van der Waals surface area contributed by atoms with Crippen LogP contribution in [-0.2, 0) is 11.3 Å². The van der Waals surface area contributed by atoms with Gasteiger partial charge in [-0.3, -0.25) is 4.98 Å². The Labute approximate surface area is 158 Å². The van der Waals surface area contributed by atoms with Crippen molar-refractivity contribution in [2.45, 2.75) is 6.54 Å². The highest BCUT2D eigenvalue weighted by Gasteiger charge is 2.14. The Bertz CT molecular complexity index is 1010. The van der Waals surface area contributed by atoms with Crippen molar-refractivity contribution in [1.82, 2.24) is 14.5 Å². The van der Waals surface area contributed by atoms with E-state index in [1.165, 1.54) is 10.9 Å². The lowest BCUT2D eigenvalue weighted by molar-refractivity contribution is 0.188. The first-order valence-corrected chi connectivity index (χ1v) is 9.57. The van der Waals surface area contributed by atoms with E-state index in [4.69, 9.17) is 9.72 Å². The lowest BCUT2D eigenvalue weighted by Crippen LogP contribution is -2.02. The zero-order chi connectivity index (χ0) is 17.2. The van der Waals surface area contributed by atoms with Crippen molar-refractivity contribution >= 4 is 38.2 Å². The average Bonchev–Trinajstić information content (AvgIpc) is 3.25. The van der Waals surface area contributed by atoms with Crippen LogP contribution >= 0.6 is 27.3 Å². The Morgan fingerprint density at radius 1 is 1.28 bits per heavy atom. The third-order valence-electron chi connectivity index (χ3n) is 4.07. The predicted molar refractivity (Wildman–Crippen MR) is 106 cm³/mol. The first-order valence-electron chi connectivity index (χ1n) is 7.90. The number of nitrogens with zero attached hydrogens (tertiary/aromatic N) is 3. The molecule has 25 heavy (non-hydrogen) atoms. The highest BCUT2D eigenvalue weighted by molar-refractivity contribution is 9.10. The molecule has 0 N–H and O–H groups in total. The standard InChI is InChI=1S/C19H16BrN3OS/c1-24-8-7-23-11-16(15-9-14(20)4-5-18(15)23)19-22-17(12-25-19)13-3-2-6-21-10-13/h2-6,9-12H,7-8H2,1H3. The zero-order valence-electron chi connectivity index (χ0n) is 13.6. The number of ether oxygens (including phenoxy) is 1. The van der Waals surface area contributed by atoms with Gasteiger partial charge in [-0.25, -0.2) is 4.98 Å². The van der Waals surface area contributed by atoms with Gasteiger partial charge in [0.2, 0.25) is 0 Å². The topological polar surface area (TPSA) is 39.9 Å². The second-order valence-corrected chi connectivity index (χ2v) is 7.44. The van der Waals surface area contributed by atoms with Gasteiger partial charge < -0.3 is 9.30 Å². The first-order chi connectivity index (χ1) is 12.3. The number of fused-ring (bicyclic) bond motifs is 1. The number of thiazole rings is 1. The van der Waals surface area contributed by atoms with Gasteiger partial charge in [0.15, 0.2) is 0 Å². The Hall–Kier alpha value is -2.02. The SMILES string of the molecule is COCCn1cc(-c2nc(-c3cccnc3)cs2)c2cc(Br)ccc21. The van der Waals surface area contributed by atoms with Gasteiger partial charge in [-0.1, -0.05) is 15.9 Å². The van der Waals surface area contributed by atoms with Gasteiger partial charge in [0.25, 0.3) is 0 Å². The molecule has 0 amide bonds. The van der Waals surface area contributed by atoms with E-state index in [1.807, 2.05) is 18.3 Å². The molecular weight excluding hydrogens is 398 g/mol. The molecule has 0 unspecified atom stereocenters. The van der Waals surface area contributed by atoms with Crippen LogP contribution in [0.2, 0.25) is 0 Å². The summed E-state index contributed by atoms with van der Waals surface area (Å²) in [5.41, 5.74) is 4.33. The van der Waals surface area contributed by atoms with E-state index in [0.29, 0.717) is 6.61 Å². The number of hydrogen-bond acceptors (Lipinski definition) is 4. The minimum Gasteiger partial charge on any atom is -0.383 e. The molecule has 0 aliphatic carbocycles. The predicted octanol–water partition coefficient (Wildman–Crippen LogP) is 5.24. The van der Waals surface area contributed by atoms with E-state index in [1.54, 1.807) is 24.6 Å². The number of aromatic nitrogens is 3. The van der Waals surface area contributed by atoms with E-state index < -0.39 is 0 Å². The molecule has 1 aromatic carbocycles. The van der Waals surface area contributed by atoms with Gasteiger partial charge in [0.05, 0.1) is 12.3 Å². The number of benzene rings is 1. The van der Waals surface area contributed by atoms with E-state index >= 15 is 0 Å². The number of rotatable bonds is 5. The summed E-state index contributed by atoms with van der Waals surface area (Å²) < 4.78 is 8.54. The maximum Gasteiger partial charge on any atom is 0.126 e. The molecule has 4 aromatic rings. The highest BCUT2D eigenvalue weighted by Crippen LogP contribution is 2.36. The van der Waals surface area contributed by atoms with Crippen LogP contribution in [0, 0.1) is 0 Å². The van der Waals surface area contributed by atoms with E-state index in [-0.39, 0.29) is 0 Å². The molecule has 0 atom stereocenters. The molecule has 0 bridgehead atoms. The summed E-state index contributed by atoms with van der Waals surface area (Å²) >= 11 is 5.24. The fourth-order valence-corrected chi connectivity index (χ4v) is 4.07. The molecule has 0 aliphatic rings. The van der Waals surface area contributed by atoms with Crippen LogP contribution in [-0.4, -0.2) is 28.3 Å². The summed E-state index contributed by atoms with van der Waals surface area (Å²) in [4.78, 5) is 9.03. The first kappa shape index (κ1) is 16.4. The number of methoxy groups -OCH3 is 1. The normalized spacial score (nSPS) is 11.3. The minimum absolute atomic E-state index is 0.679. The van der Waals surface area contributed by atoms with Gasteiger partial charge in [-0.05, 0) is 30.3 Å². The molecule has 0 saturated heterocycles. The summed E-state index contributed by atoms with van der Waals surface area (Å²) in [7, 11) is 1.73.